The number of pyridine rings is 1. The molecule has 2 bridgehead atoms. The van der Waals surface area contributed by atoms with E-state index < -0.39 is 90.6 Å². The molecule has 1 saturated carbocycles. The largest absolute Gasteiger partial charge is 0.453 e. The number of halogens is 7. The van der Waals surface area contributed by atoms with E-state index in [2.05, 4.69) is 47.4 Å². The fourth-order valence-electron chi connectivity index (χ4n) is 9.68. The molecule has 3 aliphatic heterocycles. The molecule has 0 spiro atoms. The lowest BCUT2D eigenvalue weighted by molar-refractivity contribution is -0.220. The zero-order chi connectivity index (χ0) is 57.6. The molecule has 4 amide bonds. The molecule has 24 heteroatoms. The van der Waals surface area contributed by atoms with Crippen molar-refractivity contribution in [3.05, 3.63) is 101 Å². The number of benzene rings is 2. The number of ether oxygens (including phenoxy) is 2. The molecule has 8 rings (SSSR count). The highest BCUT2D eigenvalue weighted by atomic mass is 19.4. The summed E-state index contributed by atoms with van der Waals surface area (Å²) in [6, 6.07) is 11.0. The Hall–Kier alpha value is -6.81. The van der Waals surface area contributed by atoms with Gasteiger partial charge in [0.15, 0.2) is 0 Å². The number of fused-ring (bicyclic) bond motifs is 2. The van der Waals surface area contributed by atoms with Crippen LogP contribution in [0.2, 0.25) is 0 Å². The van der Waals surface area contributed by atoms with Crippen LogP contribution in [0.3, 0.4) is 0 Å². The molecule has 428 valence electrons. The molecule has 0 radical (unpaired) electrons. The lowest BCUT2D eigenvalue weighted by Crippen LogP contribution is -2.62. The number of amides is 4. The first-order valence-electron chi connectivity index (χ1n) is 25.9. The second kappa shape index (κ2) is 25.1. The van der Waals surface area contributed by atoms with Gasteiger partial charge in [0.25, 0.3) is 0 Å². The summed E-state index contributed by atoms with van der Waals surface area (Å²) in [6.45, 7) is 6.64. The Labute approximate surface area is 453 Å². The molecular weight excluding hydrogens is 1050 g/mol. The molecule has 17 nitrogen and oxygen atoms in total. The predicted molar refractivity (Wildman–Crippen MR) is 277 cm³/mol. The zero-order valence-corrected chi connectivity index (χ0v) is 44.7. The van der Waals surface area contributed by atoms with Crippen LogP contribution in [0.5, 0.6) is 0 Å². The number of alkyl halides is 5. The maximum absolute atomic E-state index is 15.1. The number of alkyl carbamates (subject to hydrolysis) is 1. The van der Waals surface area contributed by atoms with Gasteiger partial charge in [0.05, 0.1) is 49.6 Å². The average Bonchev–Trinajstić information content (AvgIpc) is 4.23. The number of anilines is 1. The summed E-state index contributed by atoms with van der Waals surface area (Å²) in [6.07, 6.45) is -1.12. The highest BCUT2D eigenvalue weighted by Crippen LogP contribution is 2.41. The van der Waals surface area contributed by atoms with Gasteiger partial charge in [0.2, 0.25) is 17.7 Å². The van der Waals surface area contributed by atoms with Gasteiger partial charge < -0.3 is 46.5 Å². The van der Waals surface area contributed by atoms with Crippen molar-refractivity contribution < 1.29 is 64.5 Å². The summed E-state index contributed by atoms with van der Waals surface area (Å²) in [5, 5.41) is 24.8. The number of methoxy groups -OCH3 is 1. The summed E-state index contributed by atoms with van der Waals surface area (Å²) in [4.78, 5) is 58.0. The number of hydrogen-bond donors (Lipinski definition) is 6. The molecule has 3 saturated heterocycles. The van der Waals surface area contributed by atoms with Gasteiger partial charge in [-0.1, -0.05) is 44.7 Å². The molecule has 2 aromatic carbocycles. The SMILES string of the molecule is CC(C)(C)[C@H](NC(=O)C1CC1)C(N)=O.COC(=O)N[C@H](C(=O)N[C@@H](Cc1ccc(C#Cc2ccc(N3CC4CCC(C3)N4C3COC3)nc2)cc1)[C@@H](O)CNCc1c(F)cc(-c2ccn(C(F)F)n2)cc1F)C(C)(C)C(F)(F)F. The van der Waals surface area contributed by atoms with Crippen molar-refractivity contribution in [3.63, 3.8) is 0 Å². The first kappa shape index (κ1) is 59.8. The van der Waals surface area contributed by atoms with E-state index >= 15 is 8.78 Å². The highest BCUT2D eigenvalue weighted by Gasteiger charge is 2.56. The van der Waals surface area contributed by atoms with Crippen LogP contribution in [-0.2, 0) is 36.8 Å². The van der Waals surface area contributed by atoms with Gasteiger partial charge in [-0.25, -0.2) is 23.2 Å². The van der Waals surface area contributed by atoms with Gasteiger partial charge >= 0.3 is 18.8 Å². The monoisotopic (exact) mass is 1110 g/mol. The molecule has 4 aromatic rings. The van der Waals surface area contributed by atoms with Gasteiger partial charge in [-0.2, -0.15) is 27.1 Å². The van der Waals surface area contributed by atoms with Gasteiger partial charge in [0.1, 0.15) is 29.5 Å². The summed E-state index contributed by atoms with van der Waals surface area (Å²) in [7, 11) is 0.919. The zero-order valence-electron chi connectivity index (χ0n) is 44.7. The summed E-state index contributed by atoms with van der Waals surface area (Å²) >= 11 is 0. The van der Waals surface area contributed by atoms with Crippen molar-refractivity contribution in [2.75, 3.05) is 44.9 Å². The van der Waals surface area contributed by atoms with Gasteiger partial charge in [-0.05, 0) is 99.4 Å². The van der Waals surface area contributed by atoms with Gasteiger partial charge in [-0.3, -0.25) is 19.3 Å². The van der Waals surface area contributed by atoms with Crippen molar-refractivity contribution in [3.8, 4) is 23.1 Å². The first-order chi connectivity index (χ1) is 37.2. The number of piperazine rings is 1. The Balaban J connectivity index is 0.000000562. The third-order valence-corrected chi connectivity index (χ3v) is 14.7. The van der Waals surface area contributed by atoms with Crippen LogP contribution in [0.1, 0.15) is 89.1 Å². The van der Waals surface area contributed by atoms with Crippen molar-refractivity contribution in [1.82, 2.24) is 40.9 Å². The number of nitrogens with two attached hydrogens (primary N) is 1. The fourth-order valence-corrected chi connectivity index (χ4v) is 9.68. The van der Waals surface area contributed by atoms with Gasteiger partial charge in [-0.15, -0.1) is 0 Å². The van der Waals surface area contributed by atoms with Crippen molar-refractivity contribution in [1.29, 1.82) is 0 Å². The molecule has 6 atom stereocenters. The average molecular weight is 1110 g/mol. The molecule has 79 heavy (non-hydrogen) atoms. The number of aliphatic hydroxyl groups excluding tert-OH is 1. The summed E-state index contributed by atoms with van der Waals surface area (Å²) in [5.41, 5.74) is 3.27. The standard InChI is InChI=1S/C45H49F7N8O5.C10H18N2O2/c1-44(2,45(50,51)52)40(56-43(63)64-3)41(62)55-37(38(61)21-53-20-33-34(46)17-29(18-35(33)47)36-14-15-59(57-36)42(48)49)16-27-7-4-26(5-8-27)6-9-28-10-13-39(54-19-28)58-22-30-11-12-31(23-58)60(30)32-24-65-25-32;1-10(2,3)7(8(11)13)12-9(14)6-4-5-6/h4-5,7-8,10,13-15,17-19,30-32,37-38,40,42,53,61H,11-12,16,20-25H2,1-3H3,(H,55,62)(H,56,63);6-7H,4-5H2,1-3H3,(H2,11,13)(H,12,14)/t30?,31?,37-,38-,40+;7-/m01/s1. The van der Waals surface area contributed by atoms with Crippen LogP contribution in [0, 0.1) is 40.2 Å². The highest BCUT2D eigenvalue weighted by molar-refractivity contribution is 5.89. The molecule has 4 fully saturated rings. The summed E-state index contributed by atoms with van der Waals surface area (Å²) < 4.78 is 109. The minimum atomic E-state index is -4.98. The van der Waals surface area contributed by atoms with Crippen LogP contribution < -0.4 is 31.9 Å². The molecular formula is C55H67F7N10O7. The minimum Gasteiger partial charge on any atom is -0.453 e. The van der Waals surface area contributed by atoms with E-state index in [1.54, 1.807) is 30.5 Å². The van der Waals surface area contributed by atoms with E-state index in [9.17, 15) is 46.2 Å². The Morgan fingerprint density at radius 3 is 1.97 bits per heavy atom. The number of carbonyl (C=O) groups is 4. The third kappa shape index (κ3) is 15.1. The first-order valence-corrected chi connectivity index (χ1v) is 25.9. The van der Waals surface area contributed by atoms with E-state index in [-0.39, 0.29) is 34.9 Å². The van der Waals surface area contributed by atoms with E-state index in [1.807, 2.05) is 38.2 Å². The number of nitrogens with zero attached hydrogens (tertiary/aromatic N) is 5. The van der Waals surface area contributed by atoms with Crippen LogP contribution in [0.15, 0.2) is 67.0 Å². The topological polar surface area (TPSA) is 218 Å². The van der Waals surface area contributed by atoms with Crippen LogP contribution in [0.25, 0.3) is 11.3 Å². The Morgan fingerprint density at radius 1 is 0.848 bits per heavy atom. The quantitative estimate of drug-likeness (QED) is 0.0502. The minimum absolute atomic E-state index is 0.0382. The van der Waals surface area contributed by atoms with Crippen LogP contribution in [-0.4, -0.2) is 137 Å². The molecule has 1 aliphatic carbocycles. The predicted octanol–water partition coefficient (Wildman–Crippen LogP) is 5.97. The normalized spacial score (nSPS) is 19.2. The maximum Gasteiger partial charge on any atom is 0.407 e. The molecule has 7 N–H and O–H groups in total. The Morgan fingerprint density at radius 2 is 1.47 bits per heavy atom. The lowest BCUT2D eigenvalue weighted by Gasteiger charge is -2.47. The number of aromatic nitrogens is 3. The second-order valence-electron chi connectivity index (χ2n) is 21.9. The number of hydrogen-bond acceptors (Lipinski definition) is 12. The number of rotatable bonds is 18. The lowest BCUT2D eigenvalue weighted by atomic mass is 9.82. The van der Waals surface area contributed by atoms with Gasteiger partial charge in [0, 0.05) is 78.8 Å². The molecule has 5 heterocycles. The fraction of sp³-hybridized carbons (Fsp3) is 0.527. The molecule has 2 aromatic heterocycles. The number of nitrogens with one attached hydrogen (secondary N) is 4. The Kier molecular flexibility index (Phi) is 19.0. The van der Waals surface area contributed by atoms with E-state index in [4.69, 9.17) is 15.5 Å². The number of carbonyl (C=O) groups excluding carboxylic acids is 4. The Bertz CT molecular complexity index is 2810. The van der Waals surface area contributed by atoms with Crippen LogP contribution >= 0.6 is 0 Å². The second-order valence-corrected chi connectivity index (χ2v) is 21.9. The van der Waals surface area contributed by atoms with E-state index in [0.29, 0.717) is 39.5 Å². The van der Waals surface area contributed by atoms with E-state index in [1.165, 1.54) is 6.07 Å². The van der Waals surface area contributed by atoms with E-state index in [0.717, 1.165) is 97.1 Å². The van der Waals surface area contributed by atoms with Crippen LogP contribution in [0.4, 0.5) is 41.3 Å². The smallest absolute Gasteiger partial charge is 0.407 e. The van der Waals surface area contributed by atoms with Crippen molar-refractivity contribution in [2.45, 2.75) is 128 Å². The third-order valence-electron chi connectivity index (χ3n) is 14.7. The van der Waals surface area contributed by atoms with Crippen molar-refractivity contribution in [2.24, 2.45) is 22.5 Å². The van der Waals surface area contributed by atoms with Crippen molar-refractivity contribution >= 4 is 29.6 Å². The summed E-state index contributed by atoms with van der Waals surface area (Å²) in [5.74, 6) is 3.31. The molecule has 4 aliphatic rings. The number of aliphatic hydroxyl groups is 1. The number of primary amides is 1. The molecule has 2 unspecified atom stereocenters. The maximum atomic E-state index is 15.1.